The van der Waals surface area contributed by atoms with Gasteiger partial charge >= 0.3 is 0 Å². The van der Waals surface area contributed by atoms with Crippen LogP contribution in [0, 0.1) is 0 Å². The first-order valence-electron chi connectivity index (χ1n) is 4.94. The Bertz CT molecular complexity index is 400. The van der Waals surface area contributed by atoms with Crippen molar-refractivity contribution in [1.29, 1.82) is 0 Å². The lowest BCUT2D eigenvalue weighted by atomic mass is 10.1. The number of carbonyl (C=O) groups is 1. The van der Waals surface area contributed by atoms with Gasteiger partial charge in [-0.1, -0.05) is 24.3 Å². The first-order chi connectivity index (χ1) is 7.31. The third-order valence-electron chi connectivity index (χ3n) is 2.55. The van der Waals surface area contributed by atoms with Crippen LogP contribution < -0.4 is 0 Å². The average Bonchev–Trinajstić information content (AvgIpc) is 2.40. The zero-order valence-electron chi connectivity index (χ0n) is 8.32. The van der Waals surface area contributed by atoms with Crippen molar-refractivity contribution in [1.82, 2.24) is 4.90 Å². The van der Waals surface area contributed by atoms with Crippen molar-refractivity contribution in [3.8, 4) is 0 Å². The lowest BCUT2D eigenvalue weighted by Crippen LogP contribution is -2.21. The predicted molar refractivity (Wildman–Crippen MR) is 64.7 cm³/mol. The molecule has 1 aromatic rings. The van der Waals surface area contributed by atoms with Crippen molar-refractivity contribution < 1.29 is 4.79 Å². The number of hydrogen-bond donors (Lipinski definition) is 0. The summed E-state index contributed by atoms with van der Waals surface area (Å²) >= 11 is 3.55. The molecule has 1 aliphatic rings. The van der Waals surface area contributed by atoms with E-state index < -0.39 is 0 Å². The zero-order valence-corrected chi connectivity index (χ0v) is 9.90. The predicted octanol–water partition coefficient (Wildman–Crippen LogP) is 2.44. The summed E-state index contributed by atoms with van der Waals surface area (Å²) in [5.41, 5.74) is 2.56. The van der Waals surface area contributed by atoms with Crippen molar-refractivity contribution >= 4 is 26.7 Å². The van der Waals surface area contributed by atoms with Gasteiger partial charge in [0.25, 0.3) is 0 Å². The first kappa shape index (κ1) is 10.4. The van der Waals surface area contributed by atoms with Gasteiger partial charge in [-0.25, -0.2) is 0 Å². The molecule has 1 aliphatic heterocycles. The van der Waals surface area contributed by atoms with Gasteiger partial charge < -0.3 is 9.69 Å². The van der Waals surface area contributed by atoms with Gasteiger partial charge in [0.1, 0.15) is 6.29 Å². The maximum absolute atomic E-state index is 10.5. The summed E-state index contributed by atoms with van der Waals surface area (Å²) in [6.45, 7) is 1.36. The molecule has 15 heavy (non-hydrogen) atoms. The van der Waals surface area contributed by atoms with E-state index in [9.17, 15) is 4.79 Å². The Labute approximate surface area is 97.7 Å². The second-order valence-corrected chi connectivity index (χ2v) is 4.40. The summed E-state index contributed by atoms with van der Waals surface area (Å²) in [6.07, 6.45) is 3.92. The van der Waals surface area contributed by atoms with Crippen LogP contribution in [0.1, 0.15) is 11.1 Å². The lowest BCUT2D eigenvalue weighted by Gasteiger charge is -2.14. The number of hydrogen-bond acceptors (Lipinski definition) is 2. The maximum atomic E-state index is 10.5. The largest absolute Gasteiger partial charge is 0.369 e. The Morgan fingerprint density at radius 1 is 1.40 bits per heavy atom. The first-order valence-corrected chi connectivity index (χ1v) is 5.74. The molecular weight excluding hydrogens is 254 g/mol. The molecule has 78 valence electrons. The summed E-state index contributed by atoms with van der Waals surface area (Å²) < 4.78 is 1.05. The maximum Gasteiger partial charge on any atom is 0.139 e. The number of halogens is 1. The number of benzene rings is 1. The SMILES string of the molecule is O=CCN1C=C(Br)c2ccccc2CC1. The van der Waals surface area contributed by atoms with Crippen molar-refractivity contribution in [2.24, 2.45) is 0 Å². The van der Waals surface area contributed by atoms with Gasteiger partial charge in [-0.2, -0.15) is 0 Å². The van der Waals surface area contributed by atoms with Gasteiger partial charge in [0.05, 0.1) is 6.54 Å². The molecule has 0 radical (unpaired) electrons. The van der Waals surface area contributed by atoms with Crippen LogP contribution in [0.2, 0.25) is 0 Å². The van der Waals surface area contributed by atoms with Crippen molar-refractivity contribution in [3.63, 3.8) is 0 Å². The van der Waals surface area contributed by atoms with E-state index in [0.717, 1.165) is 23.7 Å². The highest BCUT2D eigenvalue weighted by Crippen LogP contribution is 2.28. The molecule has 0 aromatic heterocycles. The van der Waals surface area contributed by atoms with Crippen LogP contribution in [0.5, 0.6) is 0 Å². The van der Waals surface area contributed by atoms with Gasteiger partial charge in [-0.15, -0.1) is 0 Å². The monoisotopic (exact) mass is 265 g/mol. The molecule has 2 nitrogen and oxygen atoms in total. The van der Waals surface area contributed by atoms with Crippen LogP contribution >= 0.6 is 15.9 Å². The van der Waals surface area contributed by atoms with Crippen molar-refractivity contribution in [2.45, 2.75) is 6.42 Å². The average molecular weight is 266 g/mol. The Morgan fingerprint density at radius 2 is 2.20 bits per heavy atom. The molecule has 2 rings (SSSR count). The number of rotatable bonds is 2. The van der Waals surface area contributed by atoms with Gasteiger partial charge in [0.2, 0.25) is 0 Å². The fourth-order valence-electron chi connectivity index (χ4n) is 1.77. The third kappa shape index (κ3) is 2.29. The van der Waals surface area contributed by atoms with Gasteiger partial charge in [-0.05, 0) is 33.5 Å². The summed E-state index contributed by atoms with van der Waals surface area (Å²) in [5.74, 6) is 0. The Morgan fingerprint density at radius 3 is 3.00 bits per heavy atom. The summed E-state index contributed by atoms with van der Waals surface area (Å²) in [7, 11) is 0. The molecule has 3 heteroatoms. The number of carbonyl (C=O) groups excluding carboxylic acids is 1. The van der Waals surface area contributed by atoms with Crippen LogP contribution in [0.15, 0.2) is 30.5 Å². The molecule has 0 spiro atoms. The molecule has 0 bridgehead atoms. The Hall–Kier alpha value is -1.09. The van der Waals surface area contributed by atoms with Gasteiger partial charge in [-0.3, -0.25) is 0 Å². The van der Waals surface area contributed by atoms with Crippen LogP contribution in [-0.4, -0.2) is 24.3 Å². The minimum Gasteiger partial charge on any atom is -0.369 e. The molecule has 1 heterocycles. The molecule has 0 unspecified atom stereocenters. The number of nitrogens with zero attached hydrogens (tertiary/aromatic N) is 1. The summed E-state index contributed by atoms with van der Waals surface area (Å²) in [6, 6.07) is 8.31. The van der Waals surface area contributed by atoms with E-state index in [0.29, 0.717) is 6.54 Å². The molecule has 0 aliphatic carbocycles. The van der Waals surface area contributed by atoms with Crippen LogP contribution in [0.25, 0.3) is 4.48 Å². The Balaban J connectivity index is 2.32. The smallest absolute Gasteiger partial charge is 0.139 e. The van der Waals surface area contributed by atoms with Crippen LogP contribution in [0.3, 0.4) is 0 Å². The molecule has 1 aromatic carbocycles. The van der Waals surface area contributed by atoms with E-state index in [2.05, 4.69) is 34.1 Å². The fraction of sp³-hybridized carbons (Fsp3) is 0.250. The molecule has 0 saturated heterocycles. The van der Waals surface area contributed by atoms with Crippen molar-refractivity contribution in [3.05, 3.63) is 41.6 Å². The quantitative estimate of drug-likeness (QED) is 0.766. The molecular formula is C12H12BrNO. The van der Waals surface area contributed by atoms with E-state index >= 15 is 0 Å². The van der Waals surface area contributed by atoms with E-state index in [1.807, 2.05) is 17.2 Å². The molecule has 0 fully saturated rings. The highest BCUT2D eigenvalue weighted by molar-refractivity contribution is 9.15. The summed E-state index contributed by atoms with van der Waals surface area (Å²) in [4.78, 5) is 12.5. The van der Waals surface area contributed by atoms with E-state index in [1.54, 1.807) is 0 Å². The minimum atomic E-state index is 0.461. The molecule has 0 amide bonds. The molecule has 0 saturated carbocycles. The topological polar surface area (TPSA) is 20.3 Å². The van der Waals surface area contributed by atoms with E-state index in [1.165, 1.54) is 11.1 Å². The second-order valence-electron chi connectivity index (χ2n) is 3.55. The highest BCUT2D eigenvalue weighted by atomic mass is 79.9. The fourth-order valence-corrected chi connectivity index (χ4v) is 2.45. The normalized spacial score (nSPS) is 15.3. The zero-order chi connectivity index (χ0) is 10.7. The second kappa shape index (κ2) is 4.62. The van der Waals surface area contributed by atoms with Crippen LogP contribution in [-0.2, 0) is 11.2 Å². The van der Waals surface area contributed by atoms with Crippen LogP contribution in [0.4, 0.5) is 0 Å². The third-order valence-corrected chi connectivity index (χ3v) is 3.18. The van der Waals surface area contributed by atoms with Crippen molar-refractivity contribution in [2.75, 3.05) is 13.1 Å². The lowest BCUT2D eigenvalue weighted by molar-refractivity contribution is -0.108. The number of fused-ring (bicyclic) bond motifs is 1. The Kier molecular flexibility index (Phi) is 3.21. The van der Waals surface area contributed by atoms with E-state index in [4.69, 9.17) is 0 Å². The molecule has 0 atom stereocenters. The molecule has 0 N–H and O–H groups in total. The summed E-state index contributed by atoms with van der Waals surface area (Å²) in [5, 5.41) is 0. The minimum absolute atomic E-state index is 0.461. The standard InChI is InChI=1S/C12H12BrNO/c13-12-9-14(7-8-15)6-5-10-3-1-2-4-11(10)12/h1-4,8-9H,5-7H2. The van der Waals surface area contributed by atoms with Gasteiger partial charge in [0, 0.05) is 17.2 Å². The van der Waals surface area contributed by atoms with Gasteiger partial charge in [0.15, 0.2) is 0 Å². The number of aldehydes is 1. The van der Waals surface area contributed by atoms with E-state index in [-0.39, 0.29) is 0 Å². The highest BCUT2D eigenvalue weighted by Gasteiger charge is 2.12.